The number of rotatable bonds is 2. The summed E-state index contributed by atoms with van der Waals surface area (Å²) in [6.45, 7) is -0.211. The molecule has 22 heavy (non-hydrogen) atoms. The molecule has 0 amide bonds. The molecule has 0 N–H and O–H groups in total. The molecular weight excluding hydrogens is 365 g/mol. The molecule has 0 spiro atoms. The van der Waals surface area contributed by atoms with Gasteiger partial charge in [-0.1, -0.05) is 0 Å². The molecule has 0 aromatic heterocycles. The predicted octanol–water partition coefficient (Wildman–Crippen LogP) is 3.68. The molecule has 0 aliphatic carbocycles. The van der Waals surface area contributed by atoms with E-state index in [4.69, 9.17) is 0 Å². The van der Waals surface area contributed by atoms with Crippen LogP contribution in [0.3, 0.4) is 0 Å². The molecule has 0 bridgehead atoms. The van der Waals surface area contributed by atoms with Gasteiger partial charge in [-0.15, -0.1) is 0 Å². The maximum atomic E-state index is 2.60. The average molecular weight is 382 g/mol. The Labute approximate surface area is 138 Å². The van der Waals surface area contributed by atoms with Gasteiger partial charge >= 0.3 is 139 Å². The van der Waals surface area contributed by atoms with Crippen LogP contribution in [-0.2, 0) is 0 Å². The number of hydrogen-bond acceptors (Lipinski definition) is 0. The fourth-order valence-electron chi connectivity index (χ4n) is 2.97. The van der Waals surface area contributed by atoms with Gasteiger partial charge in [0.15, 0.2) is 0 Å². The first-order valence-electron chi connectivity index (χ1n) is 7.39. The topological polar surface area (TPSA) is 0 Å². The molecule has 2 atom stereocenters. The van der Waals surface area contributed by atoms with Crippen LogP contribution < -0.4 is 21.2 Å². The molecule has 0 fully saturated rings. The van der Waals surface area contributed by atoms with Crippen molar-refractivity contribution < 1.29 is 0 Å². The Morgan fingerprint density at radius 3 is 1.32 bits per heavy atom. The van der Waals surface area contributed by atoms with Crippen LogP contribution in [0.5, 0.6) is 0 Å². The first kappa shape index (κ1) is 14.7. The second-order valence-electron chi connectivity index (χ2n) is 5.27. The van der Waals surface area contributed by atoms with Gasteiger partial charge in [-0.2, -0.15) is 0 Å². The van der Waals surface area contributed by atoms with Gasteiger partial charge in [-0.05, 0) is 0 Å². The van der Waals surface area contributed by atoms with Crippen molar-refractivity contribution in [3.8, 4) is 0 Å². The van der Waals surface area contributed by atoms with Crippen molar-refractivity contribution in [2.45, 2.75) is 5.71 Å². The zero-order chi connectivity index (χ0) is 14.9. The van der Waals surface area contributed by atoms with Crippen molar-refractivity contribution >= 4 is 47.9 Å². The van der Waals surface area contributed by atoms with Gasteiger partial charge in [0.25, 0.3) is 0 Å². The third-order valence-corrected chi connectivity index (χ3v) is 27.0. The zero-order valence-electron chi connectivity index (χ0n) is 12.4. The molecule has 108 valence electrons. The van der Waals surface area contributed by atoms with Crippen LogP contribution in [0.1, 0.15) is 0 Å². The minimum absolute atomic E-state index is 0.106. The second-order valence-corrected chi connectivity index (χ2v) is 23.5. The average Bonchev–Trinajstić information content (AvgIpc) is 2.88. The van der Waals surface area contributed by atoms with E-state index in [1.54, 1.807) is 21.2 Å². The summed E-state index contributed by atoms with van der Waals surface area (Å²) >= 11 is -0.970. The SMILES string of the molecule is C[As]1P(c2ccccc2)c2ccccc2P1c1ccccc1. The van der Waals surface area contributed by atoms with Crippen LogP contribution in [0.4, 0.5) is 0 Å². The minimum atomic E-state index is -0.970. The van der Waals surface area contributed by atoms with Gasteiger partial charge in [0, 0.05) is 0 Å². The quantitative estimate of drug-likeness (QED) is 0.469. The molecule has 0 nitrogen and oxygen atoms in total. The van der Waals surface area contributed by atoms with E-state index in [1.807, 2.05) is 0 Å². The van der Waals surface area contributed by atoms with Crippen LogP contribution in [0.15, 0.2) is 84.9 Å². The Morgan fingerprint density at radius 2 is 0.909 bits per heavy atom. The van der Waals surface area contributed by atoms with E-state index in [2.05, 4.69) is 90.6 Å². The van der Waals surface area contributed by atoms with E-state index >= 15 is 0 Å². The van der Waals surface area contributed by atoms with Crippen LogP contribution in [0.2, 0.25) is 5.71 Å². The van der Waals surface area contributed by atoms with Crippen LogP contribution in [0, 0.1) is 0 Å². The summed E-state index contributed by atoms with van der Waals surface area (Å²) in [6.07, 6.45) is 0. The summed E-state index contributed by atoms with van der Waals surface area (Å²) in [5.74, 6) is 0. The first-order chi connectivity index (χ1) is 10.9. The summed E-state index contributed by atoms with van der Waals surface area (Å²) in [5.41, 5.74) is 2.60. The van der Waals surface area contributed by atoms with Crippen molar-refractivity contribution in [2.75, 3.05) is 0 Å². The van der Waals surface area contributed by atoms with Crippen LogP contribution in [0.25, 0.3) is 0 Å². The van der Waals surface area contributed by atoms with Crippen molar-refractivity contribution in [1.29, 1.82) is 0 Å². The van der Waals surface area contributed by atoms with Gasteiger partial charge in [0.1, 0.15) is 0 Å². The van der Waals surface area contributed by atoms with Crippen LogP contribution >= 0.6 is 13.0 Å². The van der Waals surface area contributed by atoms with Crippen molar-refractivity contribution in [1.82, 2.24) is 0 Å². The van der Waals surface area contributed by atoms with Gasteiger partial charge in [0.2, 0.25) is 0 Å². The monoisotopic (exact) mass is 382 g/mol. The third kappa shape index (κ3) is 2.49. The van der Waals surface area contributed by atoms with Gasteiger partial charge < -0.3 is 0 Å². The Bertz CT molecular complexity index is 707. The fraction of sp³-hybridized carbons (Fsp3) is 0.0526. The molecule has 1 heterocycles. The maximum absolute atomic E-state index is 2.60. The third-order valence-electron chi connectivity index (χ3n) is 3.92. The molecule has 3 aromatic carbocycles. The molecule has 3 heteroatoms. The van der Waals surface area contributed by atoms with E-state index in [1.165, 1.54) is 0 Å². The summed E-state index contributed by atoms with van der Waals surface area (Å²) in [7, 11) is 0. The standard InChI is InChI=1S/C19H17AsP2/c1-20-21(16-10-4-2-5-11-16)18-14-8-9-15-19(18)22(20)17-12-6-3-7-13-17/h2-15H,1H3. The summed E-state index contributed by atoms with van der Waals surface area (Å²) < 4.78 is 0. The summed E-state index contributed by atoms with van der Waals surface area (Å²) in [4.78, 5) is 0. The number of hydrogen-bond donors (Lipinski definition) is 0. The Balaban J connectivity index is 1.87. The number of fused-ring (bicyclic) bond motifs is 1. The molecule has 0 radical (unpaired) electrons. The predicted molar refractivity (Wildman–Crippen MR) is 103 cm³/mol. The van der Waals surface area contributed by atoms with E-state index < -0.39 is 13.7 Å². The van der Waals surface area contributed by atoms with E-state index in [0.717, 1.165) is 0 Å². The van der Waals surface area contributed by atoms with Crippen molar-refractivity contribution in [3.05, 3.63) is 84.9 Å². The van der Waals surface area contributed by atoms with Crippen LogP contribution in [-0.4, -0.2) is 13.7 Å². The van der Waals surface area contributed by atoms with Crippen molar-refractivity contribution in [2.24, 2.45) is 0 Å². The Hall–Kier alpha value is -0.922. The van der Waals surface area contributed by atoms with Gasteiger partial charge in [-0.3, -0.25) is 0 Å². The summed E-state index contributed by atoms with van der Waals surface area (Å²) in [5, 5.41) is 6.46. The Morgan fingerprint density at radius 1 is 0.545 bits per heavy atom. The molecule has 4 rings (SSSR count). The van der Waals surface area contributed by atoms with E-state index in [-0.39, 0.29) is 13.0 Å². The molecule has 3 aromatic rings. The van der Waals surface area contributed by atoms with Gasteiger partial charge in [-0.25, -0.2) is 0 Å². The van der Waals surface area contributed by atoms with Crippen molar-refractivity contribution in [3.63, 3.8) is 0 Å². The number of benzene rings is 3. The van der Waals surface area contributed by atoms with Gasteiger partial charge in [0.05, 0.1) is 0 Å². The van der Waals surface area contributed by atoms with E-state index in [0.29, 0.717) is 0 Å². The molecule has 1 aliphatic heterocycles. The summed E-state index contributed by atoms with van der Waals surface area (Å²) in [6, 6.07) is 31.7. The normalized spacial score (nSPS) is 23.2. The Kier molecular flexibility index (Phi) is 4.19. The first-order valence-corrected chi connectivity index (χ1v) is 16.9. The van der Waals surface area contributed by atoms with E-state index in [9.17, 15) is 0 Å². The fourth-order valence-corrected chi connectivity index (χ4v) is 30.7. The zero-order valence-corrected chi connectivity index (χ0v) is 16.1. The molecule has 1 aliphatic rings. The second kappa shape index (κ2) is 6.29. The molecule has 0 saturated heterocycles. The molecular formula is C19H17AsP2. The molecule has 2 unspecified atom stereocenters. The molecule has 0 saturated carbocycles.